The van der Waals surface area contributed by atoms with E-state index in [1.54, 1.807) is 12.1 Å². The van der Waals surface area contributed by atoms with Crippen LogP contribution in [0.15, 0.2) is 23.2 Å². The van der Waals surface area contributed by atoms with Crippen LogP contribution in [0.2, 0.25) is 0 Å². The minimum absolute atomic E-state index is 0.145. The molecule has 0 aliphatic carbocycles. The second-order valence-electron chi connectivity index (χ2n) is 3.21. The van der Waals surface area contributed by atoms with Crippen LogP contribution in [0.25, 0.3) is 0 Å². The number of aromatic hydroxyl groups is 1. The monoisotopic (exact) mass is 176 g/mol. The van der Waals surface area contributed by atoms with E-state index in [0.717, 1.165) is 30.7 Å². The van der Waals surface area contributed by atoms with Gasteiger partial charge < -0.3 is 10.8 Å². The van der Waals surface area contributed by atoms with E-state index in [0.29, 0.717) is 5.69 Å². The fraction of sp³-hybridized carbons (Fsp3) is 0.300. The first-order valence-electron chi connectivity index (χ1n) is 4.39. The summed E-state index contributed by atoms with van der Waals surface area (Å²) >= 11 is 0. The quantitative estimate of drug-likeness (QED) is 0.504. The van der Waals surface area contributed by atoms with E-state index in [-0.39, 0.29) is 5.75 Å². The van der Waals surface area contributed by atoms with E-state index in [2.05, 4.69) is 4.99 Å². The van der Waals surface area contributed by atoms with Crippen LogP contribution in [0.4, 0.5) is 5.69 Å². The third-order valence-electron chi connectivity index (χ3n) is 2.24. The van der Waals surface area contributed by atoms with Gasteiger partial charge in [-0.15, -0.1) is 0 Å². The van der Waals surface area contributed by atoms with Crippen molar-refractivity contribution in [3.63, 3.8) is 0 Å². The van der Waals surface area contributed by atoms with E-state index in [9.17, 15) is 5.11 Å². The maximum atomic E-state index is 9.38. The largest absolute Gasteiger partial charge is 0.506 e. The highest BCUT2D eigenvalue weighted by atomic mass is 16.3. The van der Waals surface area contributed by atoms with Gasteiger partial charge in [-0.05, 0) is 30.5 Å². The number of phenolic OH excluding ortho intramolecular Hbond substituents is 1. The van der Waals surface area contributed by atoms with E-state index in [4.69, 9.17) is 5.73 Å². The molecule has 0 fully saturated rings. The van der Waals surface area contributed by atoms with Crippen molar-refractivity contribution < 1.29 is 5.11 Å². The molecule has 3 N–H and O–H groups in total. The first kappa shape index (κ1) is 8.10. The maximum absolute atomic E-state index is 9.38. The summed E-state index contributed by atoms with van der Waals surface area (Å²) in [5.74, 6) is 0.145. The standard InChI is InChI=1S/C10H12N2O/c11-8-4-3-7(6-10(8)13)9-2-1-5-12-9/h3-4,6,13H,1-2,5,11H2. The number of hydrogen-bond donors (Lipinski definition) is 2. The van der Waals surface area contributed by atoms with Crippen LogP contribution >= 0.6 is 0 Å². The number of benzene rings is 1. The average Bonchev–Trinajstić information content (AvgIpc) is 2.62. The SMILES string of the molecule is Nc1ccc(C2=NCCC2)cc1O. The molecule has 0 saturated carbocycles. The number of rotatable bonds is 1. The molecular formula is C10H12N2O. The highest BCUT2D eigenvalue weighted by molar-refractivity contribution is 6.02. The van der Waals surface area contributed by atoms with Gasteiger partial charge in [-0.3, -0.25) is 4.99 Å². The van der Waals surface area contributed by atoms with Gasteiger partial charge in [-0.25, -0.2) is 0 Å². The molecule has 0 aromatic heterocycles. The van der Waals surface area contributed by atoms with Gasteiger partial charge in [0.15, 0.2) is 0 Å². The number of anilines is 1. The summed E-state index contributed by atoms with van der Waals surface area (Å²) in [7, 11) is 0. The summed E-state index contributed by atoms with van der Waals surface area (Å²) in [6.45, 7) is 0.903. The number of hydrogen-bond acceptors (Lipinski definition) is 3. The topological polar surface area (TPSA) is 58.6 Å². The molecule has 1 aromatic carbocycles. The lowest BCUT2D eigenvalue weighted by molar-refractivity contribution is 0.478. The van der Waals surface area contributed by atoms with Gasteiger partial charge in [0.2, 0.25) is 0 Å². The molecule has 0 atom stereocenters. The van der Waals surface area contributed by atoms with Crippen LogP contribution < -0.4 is 5.73 Å². The average molecular weight is 176 g/mol. The van der Waals surface area contributed by atoms with Crippen molar-refractivity contribution >= 4 is 11.4 Å². The molecule has 0 spiro atoms. The van der Waals surface area contributed by atoms with Gasteiger partial charge in [0.05, 0.1) is 5.69 Å². The molecule has 3 nitrogen and oxygen atoms in total. The zero-order valence-electron chi connectivity index (χ0n) is 7.33. The number of nitrogens with two attached hydrogens (primary N) is 1. The summed E-state index contributed by atoms with van der Waals surface area (Å²) in [6.07, 6.45) is 2.11. The number of aliphatic imine (C=N–C) groups is 1. The lowest BCUT2D eigenvalue weighted by Crippen LogP contribution is -1.96. The second-order valence-corrected chi connectivity index (χ2v) is 3.21. The van der Waals surface area contributed by atoms with Gasteiger partial charge in [0, 0.05) is 12.3 Å². The lowest BCUT2D eigenvalue weighted by Gasteiger charge is -2.03. The molecule has 1 aromatic rings. The summed E-state index contributed by atoms with van der Waals surface area (Å²) < 4.78 is 0. The van der Waals surface area contributed by atoms with Crippen molar-refractivity contribution in [2.45, 2.75) is 12.8 Å². The minimum Gasteiger partial charge on any atom is -0.506 e. The molecule has 1 aliphatic rings. The zero-order chi connectivity index (χ0) is 9.26. The van der Waals surface area contributed by atoms with Gasteiger partial charge in [0.25, 0.3) is 0 Å². The molecule has 0 unspecified atom stereocenters. The van der Waals surface area contributed by atoms with E-state index in [1.165, 1.54) is 0 Å². The summed E-state index contributed by atoms with van der Waals surface area (Å²) in [6, 6.07) is 5.30. The zero-order valence-corrected chi connectivity index (χ0v) is 7.33. The van der Waals surface area contributed by atoms with Crippen LogP contribution in [-0.2, 0) is 0 Å². The van der Waals surface area contributed by atoms with Crippen molar-refractivity contribution in [1.82, 2.24) is 0 Å². The highest BCUT2D eigenvalue weighted by Crippen LogP contribution is 2.23. The Morgan fingerprint density at radius 2 is 2.23 bits per heavy atom. The number of phenols is 1. The Morgan fingerprint density at radius 3 is 2.85 bits per heavy atom. The Hall–Kier alpha value is -1.51. The summed E-state index contributed by atoms with van der Waals surface area (Å²) in [5, 5.41) is 9.38. The van der Waals surface area contributed by atoms with Crippen LogP contribution in [0, 0.1) is 0 Å². The number of nitrogen functional groups attached to an aromatic ring is 1. The molecule has 0 bridgehead atoms. The lowest BCUT2D eigenvalue weighted by atomic mass is 10.1. The van der Waals surface area contributed by atoms with Gasteiger partial charge in [0.1, 0.15) is 5.75 Å². The summed E-state index contributed by atoms with van der Waals surface area (Å²) in [5.41, 5.74) is 7.99. The molecule has 2 rings (SSSR count). The van der Waals surface area contributed by atoms with Crippen LogP contribution in [0.3, 0.4) is 0 Å². The molecule has 1 aliphatic heterocycles. The molecule has 3 heteroatoms. The predicted molar refractivity (Wildman–Crippen MR) is 53.2 cm³/mol. The Bertz CT molecular complexity index is 358. The van der Waals surface area contributed by atoms with E-state index >= 15 is 0 Å². The summed E-state index contributed by atoms with van der Waals surface area (Å²) in [4.78, 5) is 4.34. The molecule has 0 amide bonds. The van der Waals surface area contributed by atoms with Crippen molar-refractivity contribution in [2.24, 2.45) is 4.99 Å². The maximum Gasteiger partial charge on any atom is 0.139 e. The molecule has 0 radical (unpaired) electrons. The fourth-order valence-corrected chi connectivity index (χ4v) is 1.50. The smallest absolute Gasteiger partial charge is 0.139 e. The van der Waals surface area contributed by atoms with Crippen LogP contribution in [0.1, 0.15) is 18.4 Å². The van der Waals surface area contributed by atoms with Gasteiger partial charge in [-0.1, -0.05) is 6.07 Å². The first-order chi connectivity index (χ1) is 6.27. The molecule has 68 valence electrons. The molecule has 13 heavy (non-hydrogen) atoms. The molecule has 0 saturated heterocycles. The predicted octanol–water partition coefficient (Wildman–Crippen LogP) is 1.56. The third-order valence-corrected chi connectivity index (χ3v) is 2.24. The fourth-order valence-electron chi connectivity index (χ4n) is 1.50. The second kappa shape index (κ2) is 3.09. The molecule has 1 heterocycles. The van der Waals surface area contributed by atoms with Crippen molar-refractivity contribution in [2.75, 3.05) is 12.3 Å². The Balaban J connectivity index is 2.36. The Morgan fingerprint density at radius 1 is 1.38 bits per heavy atom. The number of nitrogens with zero attached hydrogens (tertiary/aromatic N) is 1. The van der Waals surface area contributed by atoms with E-state index < -0.39 is 0 Å². The Kier molecular flexibility index (Phi) is 1.93. The van der Waals surface area contributed by atoms with Crippen LogP contribution in [-0.4, -0.2) is 17.4 Å². The van der Waals surface area contributed by atoms with Gasteiger partial charge >= 0.3 is 0 Å². The van der Waals surface area contributed by atoms with E-state index in [1.807, 2.05) is 6.07 Å². The first-order valence-corrected chi connectivity index (χ1v) is 4.39. The molecular weight excluding hydrogens is 164 g/mol. The minimum atomic E-state index is 0.145. The van der Waals surface area contributed by atoms with Crippen LogP contribution in [0.5, 0.6) is 5.75 Å². The van der Waals surface area contributed by atoms with Crippen molar-refractivity contribution in [3.8, 4) is 5.75 Å². The van der Waals surface area contributed by atoms with Gasteiger partial charge in [-0.2, -0.15) is 0 Å². The van der Waals surface area contributed by atoms with Crippen molar-refractivity contribution in [1.29, 1.82) is 0 Å². The third kappa shape index (κ3) is 1.49. The Labute approximate surface area is 76.9 Å². The normalized spacial score (nSPS) is 15.8. The highest BCUT2D eigenvalue weighted by Gasteiger charge is 2.09. The van der Waals surface area contributed by atoms with Crippen molar-refractivity contribution in [3.05, 3.63) is 23.8 Å².